The summed E-state index contributed by atoms with van der Waals surface area (Å²) in [4.78, 5) is 30.2. The number of likely N-dealkylation sites (tertiary alicyclic amines) is 1. The third-order valence-corrected chi connectivity index (χ3v) is 6.84. The van der Waals surface area contributed by atoms with Gasteiger partial charge in [0.1, 0.15) is 0 Å². The Morgan fingerprint density at radius 1 is 1.00 bits per heavy atom. The lowest BCUT2D eigenvalue weighted by atomic mass is 9.67. The van der Waals surface area contributed by atoms with E-state index in [1.165, 1.54) is 12.8 Å². The molecule has 1 saturated carbocycles. The maximum atomic E-state index is 13.4. The summed E-state index contributed by atoms with van der Waals surface area (Å²) in [6, 6.07) is 0. The fraction of sp³-hybridized carbons (Fsp3) is 0.895. The first kappa shape index (κ1) is 19.9. The maximum Gasteiger partial charge on any atom is 0.230 e. The van der Waals surface area contributed by atoms with Crippen molar-refractivity contribution in [2.24, 2.45) is 17.3 Å². The van der Waals surface area contributed by atoms with Crippen molar-refractivity contribution in [3.63, 3.8) is 0 Å². The van der Waals surface area contributed by atoms with E-state index in [2.05, 4.69) is 5.32 Å². The minimum atomic E-state index is -0.192. The van der Waals surface area contributed by atoms with E-state index in [-0.39, 0.29) is 29.6 Å². The van der Waals surface area contributed by atoms with Crippen molar-refractivity contribution in [3.05, 3.63) is 0 Å². The van der Waals surface area contributed by atoms with Gasteiger partial charge in [0.05, 0.1) is 24.5 Å². The Morgan fingerprint density at radius 2 is 1.81 bits per heavy atom. The van der Waals surface area contributed by atoms with E-state index in [0.29, 0.717) is 44.7 Å². The first-order chi connectivity index (χ1) is 12.2. The quantitative estimate of drug-likeness (QED) is 0.778. The van der Waals surface area contributed by atoms with Crippen molar-refractivity contribution in [2.75, 3.05) is 52.5 Å². The van der Waals surface area contributed by atoms with Gasteiger partial charge in [-0.1, -0.05) is 12.8 Å². The summed E-state index contributed by atoms with van der Waals surface area (Å²) in [5, 5.41) is 3.47. The fourth-order valence-corrected chi connectivity index (χ4v) is 5.39. The summed E-state index contributed by atoms with van der Waals surface area (Å²) in [5.41, 5.74) is -0.192. The molecule has 3 atom stereocenters. The molecule has 2 amide bonds. The van der Waals surface area contributed by atoms with Crippen molar-refractivity contribution in [1.29, 1.82) is 0 Å². The van der Waals surface area contributed by atoms with E-state index in [1.54, 1.807) is 0 Å². The number of rotatable bonds is 2. The number of nitrogens with zero attached hydrogens (tertiary/aromatic N) is 2. The molecular formula is C19H32ClN3O3. The van der Waals surface area contributed by atoms with Crippen LogP contribution in [0.2, 0.25) is 0 Å². The van der Waals surface area contributed by atoms with Gasteiger partial charge in [-0.3, -0.25) is 9.59 Å². The van der Waals surface area contributed by atoms with Gasteiger partial charge in [0.2, 0.25) is 11.8 Å². The van der Waals surface area contributed by atoms with Crippen LogP contribution in [0.5, 0.6) is 0 Å². The molecule has 3 aliphatic heterocycles. The highest BCUT2D eigenvalue weighted by molar-refractivity contribution is 5.86. The van der Waals surface area contributed by atoms with Gasteiger partial charge in [-0.05, 0) is 38.1 Å². The fourth-order valence-electron chi connectivity index (χ4n) is 5.39. The molecule has 4 aliphatic rings. The predicted octanol–water partition coefficient (Wildman–Crippen LogP) is 1.29. The Labute approximate surface area is 162 Å². The highest BCUT2D eigenvalue weighted by Gasteiger charge is 2.52. The molecule has 0 aromatic carbocycles. The number of hydrogen-bond donors (Lipinski definition) is 1. The lowest BCUT2D eigenvalue weighted by molar-refractivity contribution is -0.150. The number of carbonyl (C=O) groups is 2. The number of halogens is 1. The number of ether oxygens (including phenoxy) is 1. The van der Waals surface area contributed by atoms with Crippen LogP contribution in [0.1, 0.15) is 38.5 Å². The Hall–Kier alpha value is -0.850. The molecular weight excluding hydrogens is 354 g/mol. The summed E-state index contributed by atoms with van der Waals surface area (Å²) in [6.45, 7) is 5.90. The first-order valence-corrected chi connectivity index (χ1v) is 10.1. The van der Waals surface area contributed by atoms with Crippen LogP contribution in [0.15, 0.2) is 0 Å². The third kappa shape index (κ3) is 3.60. The van der Waals surface area contributed by atoms with Crippen LogP contribution in [0.3, 0.4) is 0 Å². The zero-order valence-corrected chi connectivity index (χ0v) is 16.4. The number of morpholine rings is 1. The zero-order chi connectivity index (χ0) is 17.3. The Balaban J connectivity index is 0.00000196. The Morgan fingerprint density at radius 3 is 2.62 bits per heavy atom. The average Bonchev–Trinajstić information content (AvgIpc) is 3.13. The molecule has 1 aliphatic carbocycles. The SMILES string of the molecule is Cl.O=C(C1CCCN(C(=O)[C@@]23CCCC[C@H]2CNC3)C1)N1CCOCC1. The Kier molecular flexibility index (Phi) is 6.46. The molecule has 4 rings (SSSR count). The highest BCUT2D eigenvalue weighted by Crippen LogP contribution is 2.45. The third-order valence-electron chi connectivity index (χ3n) is 6.84. The number of piperidine rings is 1. The lowest BCUT2D eigenvalue weighted by Gasteiger charge is -2.43. The second kappa shape index (κ2) is 8.44. The number of nitrogens with one attached hydrogen (secondary N) is 1. The van der Waals surface area contributed by atoms with Crippen LogP contribution in [-0.2, 0) is 14.3 Å². The van der Waals surface area contributed by atoms with Crippen LogP contribution in [0.4, 0.5) is 0 Å². The molecule has 148 valence electrons. The monoisotopic (exact) mass is 385 g/mol. The van der Waals surface area contributed by atoms with Gasteiger partial charge in [-0.25, -0.2) is 0 Å². The second-order valence-corrected chi connectivity index (χ2v) is 8.26. The van der Waals surface area contributed by atoms with Gasteiger partial charge >= 0.3 is 0 Å². The minimum Gasteiger partial charge on any atom is -0.378 e. The first-order valence-electron chi connectivity index (χ1n) is 10.1. The molecule has 3 saturated heterocycles. The molecule has 0 bridgehead atoms. The molecule has 1 unspecified atom stereocenters. The van der Waals surface area contributed by atoms with Crippen LogP contribution in [0.25, 0.3) is 0 Å². The molecule has 4 fully saturated rings. The van der Waals surface area contributed by atoms with Crippen molar-refractivity contribution in [1.82, 2.24) is 15.1 Å². The van der Waals surface area contributed by atoms with Crippen LogP contribution in [-0.4, -0.2) is 74.1 Å². The largest absolute Gasteiger partial charge is 0.378 e. The molecule has 0 spiro atoms. The summed E-state index contributed by atoms with van der Waals surface area (Å²) < 4.78 is 5.36. The van der Waals surface area contributed by atoms with Gasteiger partial charge in [-0.15, -0.1) is 12.4 Å². The lowest BCUT2D eigenvalue weighted by Crippen LogP contribution is -2.54. The van der Waals surface area contributed by atoms with Crippen molar-refractivity contribution < 1.29 is 14.3 Å². The van der Waals surface area contributed by atoms with Gasteiger partial charge < -0.3 is 19.9 Å². The average molecular weight is 386 g/mol. The van der Waals surface area contributed by atoms with Crippen LogP contribution >= 0.6 is 12.4 Å². The highest BCUT2D eigenvalue weighted by atomic mass is 35.5. The predicted molar refractivity (Wildman–Crippen MR) is 101 cm³/mol. The van der Waals surface area contributed by atoms with E-state index < -0.39 is 0 Å². The molecule has 0 aromatic rings. The minimum absolute atomic E-state index is 0. The van der Waals surface area contributed by atoms with E-state index >= 15 is 0 Å². The normalized spacial score (nSPS) is 34.8. The number of fused-ring (bicyclic) bond motifs is 1. The topological polar surface area (TPSA) is 61.9 Å². The smallest absolute Gasteiger partial charge is 0.230 e. The molecule has 7 heteroatoms. The molecule has 0 aromatic heterocycles. The van der Waals surface area contributed by atoms with Crippen LogP contribution < -0.4 is 5.32 Å². The standard InChI is InChI=1S/C19H31N3O3.ClH/c23-17(21-8-10-25-11-9-21)15-4-3-7-22(13-15)18(24)19-6-2-1-5-16(19)12-20-14-19;/h15-16,20H,1-14H2;1H/t15?,16-,19+;/m0./s1. The molecule has 26 heavy (non-hydrogen) atoms. The Bertz CT molecular complexity index is 526. The van der Waals surface area contributed by atoms with Gasteiger partial charge in [0.25, 0.3) is 0 Å². The summed E-state index contributed by atoms with van der Waals surface area (Å²) in [5.74, 6) is 1.01. The van der Waals surface area contributed by atoms with Gasteiger partial charge in [0, 0.05) is 32.7 Å². The number of carbonyl (C=O) groups excluding carboxylic acids is 2. The summed E-state index contributed by atoms with van der Waals surface area (Å²) in [6.07, 6.45) is 6.45. The van der Waals surface area contributed by atoms with E-state index in [9.17, 15) is 9.59 Å². The van der Waals surface area contributed by atoms with Gasteiger partial charge in [-0.2, -0.15) is 0 Å². The number of amides is 2. The van der Waals surface area contributed by atoms with Crippen molar-refractivity contribution in [3.8, 4) is 0 Å². The van der Waals surface area contributed by atoms with E-state index in [4.69, 9.17) is 4.74 Å². The molecule has 0 radical (unpaired) electrons. The van der Waals surface area contributed by atoms with Crippen LogP contribution in [0, 0.1) is 17.3 Å². The molecule has 6 nitrogen and oxygen atoms in total. The summed E-state index contributed by atoms with van der Waals surface area (Å²) >= 11 is 0. The summed E-state index contributed by atoms with van der Waals surface area (Å²) in [7, 11) is 0. The van der Waals surface area contributed by atoms with Gasteiger partial charge in [0.15, 0.2) is 0 Å². The molecule has 1 N–H and O–H groups in total. The zero-order valence-electron chi connectivity index (χ0n) is 15.6. The second-order valence-electron chi connectivity index (χ2n) is 8.26. The van der Waals surface area contributed by atoms with E-state index in [1.807, 2.05) is 9.80 Å². The molecule has 3 heterocycles. The van der Waals surface area contributed by atoms with Crippen molar-refractivity contribution >= 4 is 24.2 Å². The van der Waals surface area contributed by atoms with Crippen molar-refractivity contribution in [2.45, 2.75) is 38.5 Å². The van der Waals surface area contributed by atoms with E-state index in [0.717, 1.165) is 45.3 Å². The number of hydrogen-bond acceptors (Lipinski definition) is 4. The maximum absolute atomic E-state index is 13.4.